The van der Waals surface area contributed by atoms with Crippen LogP contribution in [0.5, 0.6) is 0 Å². The van der Waals surface area contributed by atoms with E-state index in [0.717, 1.165) is 10.5 Å². The highest BCUT2D eigenvalue weighted by molar-refractivity contribution is 9.10. The molecule has 0 saturated carbocycles. The normalized spacial score (nSPS) is 13.8. The van der Waals surface area contributed by atoms with Crippen molar-refractivity contribution in [2.75, 3.05) is 5.73 Å². The van der Waals surface area contributed by atoms with E-state index in [1.54, 1.807) is 18.2 Å². The minimum Gasteiger partial charge on any atom is -0.397 e. The third-order valence-electron chi connectivity index (χ3n) is 1.98. The Balaban J connectivity index is 3.03. The summed E-state index contributed by atoms with van der Waals surface area (Å²) >= 11 is 3.22. The number of nitrogens with zero attached hydrogens (tertiary/aromatic N) is 1. The van der Waals surface area contributed by atoms with Crippen LogP contribution in [0.2, 0.25) is 0 Å². The first-order chi connectivity index (χ1) is 8.20. The van der Waals surface area contributed by atoms with Gasteiger partial charge in [-0.15, -0.1) is 0 Å². The van der Waals surface area contributed by atoms with E-state index in [1.165, 1.54) is 6.92 Å². The number of benzene rings is 1. The molecule has 0 unspecified atom stereocenters. The molecule has 98 valence electrons. The highest BCUT2D eigenvalue weighted by Gasteiger charge is 2.31. The summed E-state index contributed by atoms with van der Waals surface area (Å²) in [7, 11) is 0. The zero-order chi connectivity index (χ0) is 13.9. The summed E-state index contributed by atoms with van der Waals surface area (Å²) in [5, 5.41) is 0. The molecule has 0 spiro atoms. The quantitative estimate of drug-likeness (QED) is 0.646. The Morgan fingerprint density at radius 3 is 2.50 bits per heavy atom. The SMILES string of the molecule is CC(C=C(N)C(F)(F)F)=Nc1ccc(Br)cc1N. The lowest BCUT2D eigenvalue weighted by molar-refractivity contribution is -0.0925. The van der Waals surface area contributed by atoms with Gasteiger partial charge in [-0.1, -0.05) is 15.9 Å². The molecule has 0 bridgehead atoms. The van der Waals surface area contributed by atoms with E-state index < -0.39 is 11.9 Å². The summed E-state index contributed by atoms with van der Waals surface area (Å²) < 4.78 is 37.4. The molecule has 1 aromatic carbocycles. The van der Waals surface area contributed by atoms with E-state index in [2.05, 4.69) is 20.9 Å². The van der Waals surface area contributed by atoms with E-state index in [1.807, 2.05) is 0 Å². The van der Waals surface area contributed by atoms with Crippen molar-refractivity contribution in [1.82, 2.24) is 0 Å². The second-order valence-electron chi connectivity index (χ2n) is 3.55. The fraction of sp³-hybridized carbons (Fsp3) is 0.182. The lowest BCUT2D eigenvalue weighted by Crippen LogP contribution is -2.20. The van der Waals surface area contributed by atoms with Gasteiger partial charge in [-0.2, -0.15) is 13.2 Å². The number of nitrogens with two attached hydrogens (primary N) is 2. The van der Waals surface area contributed by atoms with Gasteiger partial charge in [-0.3, -0.25) is 4.99 Å². The molecule has 4 N–H and O–H groups in total. The minimum absolute atomic E-state index is 0.124. The van der Waals surface area contributed by atoms with Crippen molar-refractivity contribution in [1.29, 1.82) is 0 Å². The van der Waals surface area contributed by atoms with Crippen LogP contribution in [0.4, 0.5) is 24.5 Å². The van der Waals surface area contributed by atoms with E-state index in [0.29, 0.717) is 11.4 Å². The molecule has 18 heavy (non-hydrogen) atoms. The summed E-state index contributed by atoms with van der Waals surface area (Å²) in [6, 6.07) is 4.91. The first-order valence-corrected chi connectivity index (χ1v) is 5.64. The Bertz CT molecular complexity index is 507. The third-order valence-corrected chi connectivity index (χ3v) is 2.47. The smallest absolute Gasteiger partial charge is 0.397 e. The molecule has 0 aliphatic rings. The Hall–Kier alpha value is -1.50. The highest BCUT2D eigenvalue weighted by atomic mass is 79.9. The average Bonchev–Trinajstić information content (AvgIpc) is 2.20. The van der Waals surface area contributed by atoms with Crippen LogP contribution in [-0.2, 0) is 0 Å². The first-order valence-electron chi connectivity index (χ1n) is 4.85. The van der Waals surface area contributed by atoms with Gasteiger partial charge < -0.3 is 11.5 Å². The predicted octanol–water partition coefficient (Wildman–Crippen LogP) is 3.53. The van der Waals surface area contributed by atoms with Crippen molar-refractivity contribution in [2.45, 2.75) is 13.1 Å². The zero-order valence-electron chi connectivity index (χ0n) is 9.42. The first kappa shape index (κ1) is 14.6. The van der Waals surface area contributed by atoms with E-state index in [-0.39, 0.29) is 5.71 Å². The largest absolute Gasteiger partial charge is 0.430 e. The van der Waals surface area contributed by atoms with Gasteiger partial charge in [0, 0.05) is 10.2 Å². The lowest BCUT2D eigenvalue weighted by Gasteiger charge is -2.06. The Labute approximate surface area is 111 Å². The summed E-state index contributed by atoms with van der Waals surface area (Å²) in [5.74, 6) is 0. The van der Waals surface area contributed by atoms with Crippen LogP contribution in [0.1, 0.15) is 6.92 Å². The van der Waals surface area contributed by atoms with Crippen LogP contribution in [-0.4, -0.2) is 11.9 Å². The van der Waals surface area contributed by atoms with Crippen molar-refractivity contribution < 1.29 is 13.2 Å². The number of rotatable bonds is 2. The number of alkyl halides is 3. The molecule has 1 rings (SSSR count). The molecule has 0 saturated heterocycles. The van der Waals surface area contributed by atoms with Gasteiger partial charge >= 0.3 is 6.18 Å². The Morgan fingerprint density at radius 2 is 2.00 bits per heavy atom. The monoisotopic (exact) mass is 321 g/mol. The summed E-state index contributed by atoms with van der Waals surface area (Å²) in [6.07, 6.45) is -3.79. The standard InChI is InChI=1S/C11H11BrF3N3/c1-6(4-10(17)11(13,14)15)18-9-3-2-7(12)5-8(9)16/h2-5H,16-17H2,1H3. The molecule has 0 heterocycles. The number of aliphatic imine (C=N–C) groups is 1. The summed E-state index contributed by atoms with van der Waals surface area (Å²) in [4.78, 5) is 3.97. The number of allylic oxidation sites excluding steroid dienone is 2. The maximum absolute atomic E-state index is 12.2. The molecular weight excluding hydrogens is 311 g/mol. The minimum atomic E-state index is -4.55. The van der Waals surface area contributed by atoms with Crippen LogP contribution < -0.4 is 11.5 Å². The second-order valence-corrected chi connectivity index (χ2v) is 4.47. The summed E-state index contributed by atoms with van der Waals surface area (Å²) in [5.41, 5.74) is 10.2. The molecule has 0 aliphatic heterocycles. The van der Waals surface area contributed by atoms with E-state index >= 15 is 0 Å². The van der Waals surface area contributed by atoms with Crippen molar-refractivity contribution in [3.8, 4) is 0 Å². The van der Waals surface area contributed by atoms with Crippen LogP contribution in [0, 0.1) is 0 Å². The molecule has 3 nitrogen and oxygen atoms in total. The maximum atomic E-state index is 12.2. The molecule has 0 fully saturated rings. The van der Waals surface area contributed by atoms with Crippen LogP contribution in [0.3, 0.4) is 0 Å². The zero-order valence-corrected chi connectivity index (χ0v) is 11.0. The van der Waals surface area contributed by atoms with Gasteiger partial charge in [0.05, 0.1) is 11.4 Å². The average molecular weight is 322 g/mol. The molecular formula is C11H11BrF3N3. The van der Waals surface area contributed by atoms with Crippen molar-refractivity contribution >= 4 is 33.0 Å². The highest BCUT2D eigenvalue weighted by Crippen LogP contribution is 2.26. The lowest BCUT2D eigenvalue weighted by atomic mass is 10.2. The van der Waals surface area contributed by atoms with E-state index in [4.69, 9.17) is 11.5 Å². The molecule has 0 atom stereocenters. The Morgan fingerprint density at radius 1 is 1.39 bits per heavy atom. The third kappa shape index (κ3) is 4.06. The van der Waals surface area contributed by atoms with Gasteiger partial charge in [0.2, 0.25) is 0 Å². The Kier molecular flexibility index (Phi) is 4.39. The second kappa shape index (κ2) is 5.43. The number of anilines is 1. The number of hydrogen-bond donors (Lipinski definition) is 2. The number of nitrogen functional groups attached to an aromatic ring is 1. The van der Waals surface area contributed by atoms with Crippen LogP contribution in [0.25, 0.3) is 0 Å². The molecule has 0 aromatic heterocycles. The van der Waals surface area contributed by atoms with Crippen molar-refractivity contribution in [3.05, 3.63) is 34.4 Å². The molecule has 0 amide bonds. The van der Waals surface area contributed by atoms with Gasteiger partial charge in [0.15, 0.2) is 0 Å². The molecule has 0 radical (unpaired) electrons. The van der Waals surface area contributed by atoms with Gasteiger partial charge in [0.1, 0.15) is 5.70 Å². The number of hydrogen-bond acceptors (Lipinski definition) is 3. The topological polar surface area (TPSA) is 64.4 Å². The predicted molar refractivity (Wildman–Crippen MR) is 69.6 cm³/mol. The van der Waals surface area contributed by atoms with Crippen LogP contribution in [0.15, 0.2) is 39.4 Å². The van der Waals surface area contributed by atoms with Crippen LogP contribution >= 0.6 is 15.9 Å². The molecule has 1 aromatic rings. The summed E-state index contributed by atoms with van der Waals surface area (Å²) in [6.45, 7) is 1.42. The van der Waals surface area contributed by atoms with Gasteiger partial charge in [-0.25, -0.2) is 0 Å². The van der Waals surface area contributed by atoms with Crippen molar-refractivity contribution in [2.24, 2.45) is 10.7 Å². The molecule has 0 aliphatic carbocycles. The van der Waals surface area contributed by atoms with E-state index in [9.17, 15) is 13.2 Å². The molecule has 7 heteroatoms. The van der Waals surface area contributed by atoms with Gasteiger partial charge in [-0.05, 0) is 31.2 Å². The fourth-order valence-electron chi connectivity index (χ4n) is 1.16. The van der Waals surface area contributed by atoms with Gasteiger partial charge in [0.25, 0.3) is 0 Å². The van der Waals surface area contributed by atoms with Crippen molar-refractivity contribution in [3.63, 3.8) is 0 Å². The maximum Gasteiger partial charge on any atom is 0.430 e. The fourth-order valence-corrected chi connectivity index (χ4v) is 1.54. The number of halogens is 4.